The average molecular weight is 370 g/mol. The Hall–Kier alpha value is -2.82. The molecule has 1 aliphatic carbocycles. The average Bonchev–Trinajstić information content (AvgIpc) is 3.19. The van der Waals surface area contributed by atoms with Crippen LogP contribution in [-0.2, 0) is 16.1 Å². The number of carbonyl (C=O) groups is 2. The summed E-state index contributed by atoms with van der Waals surface area (Å²) in [6.07, 6.45) is -0.957. The highest BCUT2D eigenvalue weighted by molar-refractivity contribution is 6.09. The van der Waals surface area contributed by atoms with Gasteiger partial charge in [-0.05, 0) is 23.1 Å². The summed E-state index contributed by atoms with van der Waals surface area (Å²) in [7, 11) is 0. The van der Waals surface area contributed by atoms with Gasteiger partial charge in [-0.1, -0.05) is 62.4 Å². The Labute approximate surface area is 156 Å². The fourth-order valence-electron chi connectivity index (χ4n) is 3.38. The quantitative estimate of drug-likeness (QED) is 0.530. The van der Waals surface area contributed by atoms with E-state index < -0.39 is 29.3 Å². The standard InChI is InChI=1S/C22H20F2O3/c1-22(2)17(12-18(23)24)19(22)21(26)27-13-14-7-6-10-16(11-14)20(25)15-8-4-3-5-9-15/h3-12,17,19H,13H2,1-2H3/t17-,19-/m0/s1. The molecule has 3 rings (SSSR count). The van der Waals surface area contributed by atoms with Gasteiger partial charge in [-0.3, -0.25) is 9.59 Å². The minimum absolute atomic E-state index is 0.00410. The number of rotatable bonds is 6. The summed E-state index contributed by atoms with van der Waals surface area (Å²) in [6.45, 7) is 3.53. The van der Waals surface area contributed by atoms with E-state index in [1.165, 1.54) is 0 Å². The number of allylic oxidation sites excluding steroid dienone is 1. The fourth-order valence-corrected chi connectivity index (χ4v) is 3.38. The largest absolute Gasteiger partial charge is 0.461 e. The molecule has 2 aromatic rings. The van der Waals surface area contributed by atoms with Gasteiger partial charge in [-0.25, -0.2) is 0 Å². The van der Waals surface area contributed by atoms with E-state index in [0.29, 0.717) is 16.7 Å². The second kappa shape index (κ2) is 7.43. The molecule has 0 heterocycles. The van der Waals surface area contributed by atoms with Gasteiger partial charge in [-0.2, -0.15) is 8.78 Å². The molecule has 1 aliphatic rings. The number of benzene rings is 2. The molecule has 0 unspecified atom stereocenters. The third-order valence-electron chi connectivity index (χ3n) is 5.08. The summed E-state index contributed by atoms with van der Waals surface area (Å²) in [4.78, 5) is 24.8. The van der Waals surface area contributed by atoms with Crippen molar-refractivity contribution in [3.8, 4) is 0 Å². The van der Waals surface area contributed by atoms with Crippen LogP contribution in [0.1, 0.15) is 35.3 Å². The molecule has 27 heavy (non-hydrogen) atoms. The first kappa shape index (κ1) is 19.0. The van der Waals surface area contributed by atoms with Crippen molar-refractivity contribution in [2.24, 2.45) is 17.3 Å². The van der Waals surface area contributed by atoms with E-state index in [-0.39, 0.29) is 12.4 Å². The fraction of sp³-hybridized carbons (Fsp3) is 0.273. The Morgan fingerprint density at radius 1 is 1.04 bits per heavy atom. The number of esters is 1. The number of hydrogen-bond donors (Lipinski definition) is 0. The zero-order valence-electron chi connectivity index (χ0n) is 15.1. The summed E-state index contributed by atoms with van der Waals surface area (Å²) in [5.74, 6) is -1.70. The van der Waals surface area contributed by atoms with Crippen molar-refractivity contribution in [3.63, 3.8) is 0 Å². The van der Waals surface area contributed by atoms with Crippen LogP contribution in [0, 0.1) is 17.3 Å². The maximum absolute atomic E-state index is 12.5. The molecule has 0 spiro atoms. The number of halogens is 2. The Kier molecular flexibility index (Phi) is 5.22. The Balaban J connectivity index is 1.65. The zero-order valence-corrected chi connectivity index (χ0v) is 15.1. The molecule has 1 fully saturated rings. The second-order valence-corrected chi connectivity index (χ2v) is 7.28. The predicted octanol–water partition coefficient (Wildman–Crippen LogP) is 5.01. The van der Waals surface area contributed by atoms with Crippen molar-refractivity contribution >= 4 is 11.8 Å². The molecule has 3 nitrogen and oxygen atoms in total. The Bertz CT molecular complexity index is 883. The van der Waals surface area contributed by atoms with Crippen molar-refractivity contribution in [1.29, 1.82) is 0 Å². The van der Waals surface area contributed by atoms with Crippen LogP contribution < -0.4 is 0 Å². The van der Waals surface area contributed by atoms with Crippen molar-refractivity contribution < 1.29 is 23.1 Å². The molecular weight excluding hydrogens is 350 g/mol. The summed E-state index contributed by atoms with van der Waals surface area (Å²) < 4.78 is 30.3. The third kappa shape index (κ3) is 4.13. The van der Waals surface area contributed by atoms with E-state index >= 15 is 0 Å². The summed E-state index contributed by atoms with van der Waals surface area (Å²) >= 11 is 0. The topological polar surface area (TPSA) is 43.4 Å². The van der Waals surface area contributed by atoms with Gasteiger partial charge in [0.15, 0.2) is 5.78 Å². The second-order valence-electron chi connectivity index (χ2n) is 7.28. The third-order valence-corrected chi connectivity index (χ3v) is 5.08. The van der Waals surface area contributed by atoms with Crippen LogP contribution >= 0.6 is 0 Å². The lowest BCUT2D eigenvalue weighted by atomic mass is 10.0. The highest BCUT2D eigenvalue weighted by Crippen LogP contribution is 2.60. The molecule has 0 bridgehead atoms. The van der Waals surface area contributed by atoms with Gasteiger partial charge in [0.05, 0.1) is 5.92 Å². The van der Waals surface area contributed by atoms with Crippen molar-refractivity contribution in [3.05, 3.63) is 83.4 Å². The van der Waals surface area contributed by atoms with Crippen LogP contribution in [0.3, 0.4) is 0 Å². The van der Waals surface area contributed by atoms with Crippen LogP contribution in [0.15, 0.2) is 66.8 Å². The molecule has 0 radical (unpaired) electrons. The molecule has 0 amide bonds. The van der Waals surface area contributed by atoms with Gasteiger partial charge in [-0.15, -0.1) is 0 Å². The molecule has 2 aromatic carbocycles. The monoisotopic (exact) mass is 370 g/mol. The van der Waals surface area contributed by atoms with E-state index in [2.05, 4.69) is 0 Å². The predicted molar refractivity (Wildman–Crippen MR) is 97.2 cm³/mol. The minimum atomic E-state index is -1.78. The molecule has 0 saturated heterocycles. The van der Waals surface area contributed by atoms with Crippen LogP contribution in [0.2, 0.25) is 0 Å². The van der Waals surface area contributed by atoms with Crippen molar-refractivity contribution in [2.75, 3.05) is 0 Å². The van der Waals surface area contributed by atoms with E-state index in [1.807, 2.05) is 6.07 Å². The van der Waals surface area contributed by atoms with E-state index in [1.54, 1.807) is 62.4 Å². The first-order valence-electron chi connectivity index (χ1n) is 8.69. The first-order chi connectivity index (χ1) is 12.8. The van der Waals surface area contributed by atoms with Gasteiger partial charge in [0.2, 0.25) is 0 Å². The van der Waals surface area contributed by atoms with Crippen LogP contribution in [-0.4, -0.2) is 11.8 Å². The lowest BCUT2D eigenvalue weighted by Crippen LogP contribution is -2.11. The maximum atomic E-state index is 12.5. The molecule has 0 N–H and O–H groups in total. The Morgan fingerprint density at radius 3 is 2.37 bits per heavy atom. The number of ketones is 1. The highest BCUT2D eigenvalue weighted by atomic mass is 19.3. The van der Waals surface area contributed by atoms with Gasteiger partial charge in [0, 0.05) is 17.0 Å². The molecule has 5 heteroatoms. The summed E-state index contributed by atoms with van der Waals surface area (Å²) in [5.41, 5.74) is 1.22. The van der Waals surface area contributed by atoms with E-state index in [0.717, 1.165) is 6.08 Å². The molecule has 140 valence electrons. The maximum Gasteiger partial charge on any atom is 0.310 e. The van der Waals surface area contributed by atoms with Crippen LogP contribution in [0.4, 0.5) is 8.78 Å². The Morgan fingerprint density at radius 2 is 1.70 bits per heavy atom. The molecular formula is C22H20F2O3. The minimum Gasteiger partial charge on any atom is -0.461 e. The molecule has 0 aromatic heterocycles. The smallest absolute Gasteiger partial charge is 0.310 e. The molecule has 0 aliphatic heterocycles. The number of hydrogen-bond acceptors (Lipinski definition) is 3. The van der Waals surface area contributed by atoms with Gasteiger partial charge in [0.25, 0.3) is 6.08 Å². The van der Waals surface area contributed by atoms with Crippen LogP contribution in [0.5, 0.6) is 0 Å². The van der Waals surface area contributed by atoms with E-state index in [4.69, 9.17) is 4.74 Å². The molecule has 2 atom stereocenters. The highest BCUT2D eigenvalue weighted by Gasteiger charge is 2.61. The van der Waals surface area contributed by atoms with Crippen molar-refractivity contribution in [1.82, 2.24) is 0 Å². The zero-order chi connectivity index (χ0) is 19.6. The lowest BCUT2D eigenvalue weighted by molar-refractivity contribution is -0.147. The van der Waals surface area contributed by atoms with Crippen molar-refractivity contribution in [2.45, 2.75) is 20.5 Å². The van der Waals surface area contributed by atoms with Gasteiger partial charge < -0.3 is 4.74 Å². The normalized spacial score (nSPS) is 19.9. The summed E-state index contributed by atoms with van der Waals surface area (Å²) in [6, 6.07) is 15.8. The lowest BCUT2D eigenvalue weighted by Gasteiger charge is -2.08. The van der Waals surface area contributed by atoms with Gasteiger partial charge in [0.1, 0.15) is 6.61 Å². The number of carbonyl (C=O) groups excluding carboxylic acids is 2. The van der Waals surface area contributed by atoms with Crippen LogP contribution in [0.25, 0.3) is 0 Å². The molecule has 1 saturated carbocycles. The van der Waals surface area contributed by atoms with Gasteiger partial charge >= 0.3 is 5.97 Å². The number of ether oxygens (including phenoxy) is 1. The first-order valence-corrected chi connectivity index (χ1v) is 8.69. The summed E-state index contributed by atoms with van der Waals surface area (Å²) in [5, 5.41) is 0. The SMILES string of the molecule is CC1(C)[C@H](C(=O)OCc2cccc(C(=O)c3ccccc3)c2)[C@@H]1C=C(F)F. The van der Waals surface area contributed by atoms with E-state index in [9.17, 15) is 18.4 Å².